The molecule has 0 saturated carbocycles. The normalized spacial score (nSPS) is 25.9. The van der Waals surface area contributed by atoms with Crippen LogP contribution in [-0.2, 0) is 4.74 Å². The van der Waals surface area contributed by atoms with Gasteiger partial charge in [-0.2, -0.15) is 0 Å². The molecule has 1 aliphatic rings. The predicted octanol–water partition coefficient (Wildman–Crippen LogP) is 0.235. The Balaban J connectivity index is 2.24. The quantitative estimate of drug-likeness (QED) is 0.679. The van der Waals surface area contributed by atoms with Gasteiger partial charge in [-0.25, -0.2) is 0 Å². The molecule has 1 rings (SSSR count). The molecule has 1 aliphatic heterocycles. The largest absolute Gasteiger partial charge is 0.381 e. The van der Waals surface area contributed by atoms with Crippen LogP contribution in [-0.4, -0.2) is 70.3 Å². The second-order valence-corrected chi connectivity index (χ2v) is 5.40. The number of ether oxygens (including phenoxy) is 1. The molecule has 2 N–H and O–H groups in total. The molecule has 96 valence electrons. The van der Waals surface area contributed by atoms with Gasteiger partial charge in [-0.1, -0.05) is 0 Å². The molecule has 0 aromatic rings. The highest BCUT2D eigenvalue weighted by atomic mass is 16.5. The highest BCUT2D eigenvalue weighted by Gasteiger charge is 2.34. The summed E-state index contributed by atoms with van der Waals surface area (Å²) in [6.45, 7) is 5.81. The van der Waals surface area contributed by atoms with Crippen molar-refractivity contribution in [1.82, 2.24) is 9.80 Å². The van der Waals surface area contributed by atoms with Gasteiger partial charge >= 0.3 is 0 Å². The van der Waals surface area contributed by atoms with E-state index in [9.17, 15) is 0 Å². The Morgan fingerprint density at radius 2 is 2.00 bits per heavy atom. The summed E-state index contributed by atoms with van der Waals surface area (Å²) in [6, 6.07) is 0. The zero-order chi connectivity index (χ0) is 12.0. The molecule has 1 fully saturated rings. The zero-order valence-corrected chi connectivity index (χ0v) is 11.0. The predicted molar refractivity (Wildman–Crippen MR) is 67.6 cm³/mol. The van der Waals surface area contributed by atoms with Gasteiger partial charge in [0.05, 0.1) is 6.61 Å². The molecule has 1 atom stereocenters. The van der Waals surface area contributed by atoms with Gasteiger partial charge in [0.25, 0.3) is 0 Å². The fourth-order valence-electron chi connectivity index (χ4n) is 2.31. The molecule has 4 nitrogen and oxygen atoms in total. The molecule has 0 spiro atoms. The molecule has 0 radical (unpaired) electrons. The van der Waals surface area contributed by atoms with E-state index >= 15 is 0 Å². The van der Waals surface area contributed by atoms with E-state index in [4.69, 9.17) is 10.5 Å². The summed E-state index contributed by atoms with van der Waals surface area (Å²) < 4.78 is 5.48. The van der Waals surface area contributed by atoms with Crippen molar-refractivity contribution in [3.05, 3.63) is 0 Å². The van der Waals surface area contributed by atoms with Crippen LogP contribution in [0.2, 0.25) is 0 Å². The first-order chi connectivity index (χ1) is 7.58. The third kappa shape index (κ3) is 4.37. The molecule has 4 heteroatoms. The fraction of sp³-hybridized carbons (Fsp3) is 1.00. The molecule has 0 amide bonds. The second kappa shape index (κ2) is 6.55. The van der Waals surface area contributed by atoms with Gasteiger partial charge in [0, 0.05) is 25.1 Å². The number of nitrogens with zero attached hydrogens (tertiary/aromatic N) is 2. The number of hydrogen-bond donors (Lipinski definition) is 1. The Hall–Kier alpha value is -0.160. The van der Waals surface area contributed by atoms with Crippen LogP contribution in [0.3, 0.4) is 0 Å². The van der Waals surface area contributed by atoms with Gasteiger partial charge in [-0.3, -0.25) is 0 Å². The summed E-state index contributed by atoms with van der Waals surface area (Å²) >= 11 is 0. The van der Waals surface area contributed by atoms with Crippen LogP contribution in [0.1, 0.15) is 12.8 Å². The lowest BCUT2D eigenvalue weighted by Crippen LogP contribution is -2.42. The van der Waals surface area contributed by atoms with Gasteiger partial charge in [0.15, 0.2) is 0 Å². The third-order valence-corrected chi connectivity index (χ3v) is 3.37. The van der Waals surface area contributed by atoms with Crippen LogP contribution in [0.25, 0.3) is 0 Å². The minimum atomic E-state index is 0.215. The molecule has 1 unspecified atom stereocenters. The Kier molecular flexibility index (Phi) is 5.69. The first-order valence-corrected chi connectivity index (χ1v) is 6.19. The Bertz CT molecular complexity index is 191. The molecular weight excluding hydrogens is 202 g/mol. The molecule has 1 saturated heterocycles. The van der Waals surface area contributed by atoms with Crippen molar-refractivity contribution < 1.29 is 4.74 Å². The molecule has 0 aromatic heterocycles. The van der Waals surface area contributed by atoms with E-state index in [2.05, 4.69) is 30.9 Å². The maximum absolute atomic E-state index is 5.88. The molecule has 0 aliphatic carbocycles. The summed E-state index contributed by atoms with van der Waals surface area (Å²) in [6.07, 6.45) is 2.33. The second-order valence-electron chi connectivity index (χ2n) is 5.40. The lowest BCUT2D eigenvalue weighted by atomic mass is 9.87. The summed E-state index contributed by atoms with van der Waals surface area (Å²) in [5, 5.41) is 0. The highest BCUT2D eigenvalue weighted by molar-refractivity contribution is 4.86. The van der Waals surface area contributed by atoms with Crippen LogP contribution in [0.15, 0.2) is 0 Å². The number of hydrogen-bond acceptors (Lipinski definition) is 4. The van der Waals surface area contributed by atoms with Crippen LogP contribution in [0, 0.1) is 5.41 Å². The Morgan fingerprint density at radius 3 is 2.50 bits per heavy atom. The Morgan fingerprint density at radius 1 is 1.25 bits per heavy atom. The summed E-state index contributed by atoms with van der Waals surface area (Å²) in [7, 11) is 6.42. The lowest BCUT2D eigenvalue weighted by Gasteiger charge is -2.31. The maximum Gasteiger partial charge on any atom is 0.0547 e. The minimum absolute atomic E-state index is 0.215. The van der Waals surface area contributed by atoms with E-state index in [0.717, 1.165) is 45.8 Å². The van der Waals surface area contributed by atoms with Crippen LogP contribution < -0.4 is 5.73 Å². The molecule has 1 heterocycles. The van der Waals surface area contributed by atoms with E-state index in [1.54, 1.807) is 0 Å². The van der Waals surface area contributed by atoms with Crippen molar-refractivity contribution in [3.63, 3.8) is 0 Å². The van der Waals surface area contributed by atoms with Gasteiger partial charge < -0.3 is 20.3 Å². The monoisotopic (exact) mass is 229 g/mol. The van der Waals surface area contributed by atoms with Crippen molar-refractivity contribution in [1.29, 1.82) is 0 Å². The van der Waals surface area contributed by atoms with E-state index in [-0.39, 0.29) is 5.41 Å². The fourth-order valence-corrected chi connectivity index (χ4v) is 2.31. The molecule has 16 heavy (non-hydrogen) atoms. The smallest absolute Gasteiger partial charge is 0.0547 e. The van der Waals surface area contributed by atoms with Crippen molar-refractivity contribution in [2.45, 2.75) is 12.8 Å². The average Bonchev–Trinajstić information content (AvgIpc) is 2.66. The standard InChI is InChI=1S/C12H27N3O/c1-14(2)6-4-7-15(3)10-12(9-13)5-8-16-11-12/h4-11,13H2,1-3H3. The van der Waals surface area contributed by atoms with E-state index in [0.29, 0.717) is 0 Å². The maximum atomic E-state index is 5.88. The van der Waals surface area contributed by atoms with Gasteiger partial charge in [0.2, 0.25) is 0 Å². The van der Waals surface area contributed by atoms with Crippen molar-refractivity contribution in [2.24, 2.45) is 11.1 Å². The van der Waals surface area contributed by atoms with Gasteiger partial charge in [-0.05, 0) is 47.1 Å². The molecule has 0 bridgehead atoms. The van der Waals surface area contributed by atoms with Crippen LogP contribution in [0.5, 0.6) is 0 Å². The van der Waals surface area contributed by atoms with Crippen molar-refractivity contribution >= 4 is 0 Å². The summed E-state index contributed by atoms with van der Waals surface area (Å²) in [5.41, 5.74) is 6.09. The SMILES string of the molecule is CN(C)CCCN(C)CC1(CN)CCOC1. The van der Waals surface area contributed by atoms with E-state index in [1.165, 1.54) is 6.42 Å². The van der Waals surface area contributed by atoms with Crippen LogP contribution >= 0.6 is 0 Å². The molecular formula is C12H27N3O. The molecule has 0 aromatic carbocycles. The van der Waals surface area contributed by atoms with Crippen LogP contribution in [0.4, 0.5) is 0 Å². The third-order valence-electron chi connectivity index (χ3n) is 3.37. The van der Waals surface area contributed by atoms with E-state index in [1.807, 2.05) is 0 Å². The topological polar surface area (TPSA) is 41.7 Å². The first-order valence-electron chi connectivity index (χ1n) is 6.19. The van der Waals surface area contributed by atoms with Crippen molar-refractivity contribution in [3.8, 4) is 0 Å². The Labute approximate surface area is 99.7 Å². The lowest BCUT2D eigenvalue weighted by molar-refractivity contribution is 0.124. The van der Waals surface area contributed by atoms with Gasteiger partial charge in [-0.15, -0.1) is 0 Å². The summed E-state index contributed by atoms with van der Waals surface area (Å²) in [5.74, 6) is 0. The first kappa shape index (κ1) is 13.9. The number of rotatable bonds is 7. The summed E-state index contributed by atoms with van der Waals surface area (Å²) in [4.78, 5) is 4.62. The van der Waals surface area contributed by atoms with Gasteiger partial charge in [0.1, 0.15) is 0 Å². The minimum Gasteiger partial charge on any atom is -0.381 e. The average molecular weight is 229 g/mol. The zero-order valence-electron chi connectivity index (χ0n) is 11.0. The van der Waals surface area contributed by atoms with E-state index < -0.39 is 0 Å². The van der Waals surface area contributed by atoms with Crippen molar-refractivity contribution in [2.75, 3.05) is 60.5 Å². The highest BCUT2D eigenvalue weighted by Crippen LogP contribution is 2.27. The number of nitrogens with two attached hydrogens (primary N) is 1.